The number of ketones is 1. The standard InChI is InChI=1S/C24H25ClFN3O3S/c1-33(31,32)10-9-23-22(26)12-16(15-27-23)11-21(30)8-7-20-14-24(17-5-6-17)28-29(20)19-4-2-3-18(25)13-19/h2-4,12-15,17H,5-11H2,1H3. The van der Waals surface area contributed by atoms with E-state index in [0.29, 0.717) is 22.9 Å². The molecule has 33 heavy (non-hydrogen) atoms. The quantitative estimate of drug-likeness (QED) is 0.425. The van der Waals surface area contributed by atoms with Crippen LogP contribution in [-0.4, -0.2) is 41.0 Å². The number of aromatic nitrogens is 3. The highest BCUT2D eigenvalue weighted by atomic mass is 35.5. The van der Waals surface area contributed by atoms with Crippen molar-refractivity contribution in [3.8, 4) is 5.69 Å². The van der Waals surface area contributed by atoms with Crippen molar-refractivity contribution in [2.24, 2.45) is 0 Å². The number of sulfone groups is 1. The van der Waals surface area contributed by atoms with E-state index in [9.17, 15) is 17.6 Å². The molecular formula is C24H25ClFN3O3S. The van der Waals surface area contributed by atoms with Crippen LogP contribution < -0.4 is 0 Å². The largest absolute Gasteiger partial charge is 0.299 e. The summed E-state index contributed by atoms with van der Waals surface area (Å²) in [4.78, 5) is 16.6. The molecule has 4 rings (SSSR count). The smallest absolute Gasteiger partial charge is 0.147 e. The van der Waals surface area contributed by atoms with Gasteiger partial charge in [0, 0.05) is 48.3 Å². The Kier molecular flexibility index (Phi) is 6.95. The third-order valence-corrected chi connectivity index (χ3v) is 6.78. The summed E-state index contributed by atoms with van der Waals surface area (Å²) < 4.78 is 38.7. The highest BCUT2D eigenvalue weighted by Crippen LogP contribution is 2.40. The van der Waals surface area contributed by atoms with Crippen molar-refractivity contribution in [1.29, 1.82) is 0 Å². The van der Waals surface area contributed by atoms with Crippen LogP contribution in [0, 0.1) is 5.82 Å². The van der Waals surface area contributed by atoms with Gasteiger partial charge in [-0.3, -0.25) is 9.78 Å². The number of halogens is 2. The summed E-state index contributed by atoms with van der Waals surface area (Å²) in [5, 5.41) is 5.36. The molecule has 0 radical (unpaired) electrons. The Bertz CT molecular complexity index is 1290. The van der Waals surface area contributed by atoms with Gasteiger partial charge in [0.1, 0.15) is 21.4 Å². The van der Waals surface area contributed by atoms with Crippen molar-refractivity contribution < 1.29 is 17.6 Å². The van der Waals surface area contributed by atoms with Crippen molar-refractivity contribution in [1.82, 2.24) is 14.8 Å². The van der Waals surface area contributed by atoms with E-state index in [1.807, 2.05) is 22.9 Å². The Morgan fingerprint density at radius 1 is 1.21 bits per heavy atom. The van der Waals surface area contributed by atoms with Gasteiger partial charge in [-0.2, -0.15) is 5.10 Å². The number of rotatable bonds is 10. The Morgan fingerprint density at radius 2 is 2.00 bits per heavy atom. The molecule has 0 saturated heterocycles. The SMILES string of the molecule is CS(=O)(=O)CCc1ncc(CC(=O)CCc2cc(C3CC3)nn2-c2cccc(Cl)c2)cc1F. The van der Waals surface area contributed by atoms with E-state index in [1.54, 1.807) is 6.07 Å². The third-order valence-electron chi connectivity index (χ3n) is 5.60. The van der Waals surface area contributed by atoms with Crippen LogP contribution in [0.4, 0.5) is 4.39 Å². The molecule has 0 bridgehead atoms. The molecule has 3 aromatic rings. The first-order valence-electron chi connectivity index (χ1n) is 10.9. The van der Waals surface area contributed by atoms with E-state index in [1.165, 1.54) is 12.3 Å². The molecule has 1 saturated carbocycles. The third kappa shape index (κ3) is 6.48. The molecule has 9 heteroatoms. The summed E-state index contributed by atoms with van der Waals surface area (Å²) in [7, 11) is -3.20. The summed E-state index contributed by atoms with van der Waals surface area (Å²) in [6.07, 6.45) is 5.67. The minimum absolute atomic E-state index is 0.00964. The van der Waals surface area contributed by atoms with Gasteiger partial charge in [-0.05, 0) is 55.2 Å². The van der Waals surface area contributed by atoms with E-state index in [0.717, 1.165) is 36.2 Å². The van der Waals surface area contributed by atoms with E-state index in [-0.39, 0.29) is 36.5 Å². The number of Topliss-reactive ketones (excluding diaryl/α,β-unsaturated/α-hetero) is 1. The molecule has 6 nitrogen and oxygen atoms in total. The number of carbonyl (C=O) groups excluding carboxylic acids is 1. The molecule has 174 valence electrons. The molecule has 2 heterocycles. The second kappa shape index (κ2) is 9.73. The molecule has 0 amide bonds. The van der Waals surface area contributed by atoms with Gasteiger partial charge in [0.15, 0.2) is 0 Å². The fourth-order valence-electron chi connectivity index (χ4n) is 3.68. The predicted molar refractivity (Wildman–Crippen MR) is 125 cm³/mol. The van der Waals surface area contributed by atoms with E-state index >= 15 is 0 Å². The summed E-state index contributed by atoms with van der Waals surface area (Å²) in [5.74, 6) is -0.308. The summed E-state index contributed by atoms with van der Waals surface area (Å²) >= 11 is 6.15. The molecule has 1 aliphatic rings. The lowest BCUT2D eigenvalue weighted by Gasteiger charge is -2.08. The van der Waals surface area contributed by atoms with Crippen LogP contribution in [0.3, 0.4) is 0 Å². The fourth-order valence-corrected chi connectivity index (χ4v) is 4.43. The van der Waals surface area contributed by atoms with Crippen LogP contribution >= 0.6 is 11.6 Å². The predicted octanol–water partition coefficient (Wildman–Crippen LogP) is 4.27. The average molecular weight is 490 g/mol. The van der Waals surface area contributed by atoms with Gasteiger partial charge in [-0.15, -0.1) is 0 Å². The molecule has 2 aromatic heterocycles. The molecule has 0 unspecified atom stereocenters. The lowest BCUT2D eigenvalue weighted by molar-refractivity contribution is -0.118. The number of nitrogens with zero attached hydrogens (tertiary/aromatic N) is 3. The molecule has 1 fully saturated rings. The maximum Gasteiger partial charge on any atom is 0.147 e. The van der Waals surface area contributed by atoms with Crippen LogP contribution in [-0.2, 0) is 33.9 Å². The van der Waals surface area contributed by atoms with Crippen LogP contribution in [0.1, 0.15) is 47.8 Å². The zero-order valence-electron chi connectivity index (χ0n) is 18.3. The first kappa shape index (κ1) is 23.6. The van der Waals surface area contributed by atoms with Gasteiger partial charge in [0.05, 0.1) is 22.8 Å². The Hall–Kier alpha value is -2.58. The zero-order chi connectivity index (χ0) is 23.6. The average Bonchev–Trinajstić information content (AvgIpc) is 3.50. The van der Waals surface area contributed by atoms with Gasteiger partial charge in [-0.1, -0.05) is 17.7 Å². The normalized spacial score (nSPS) is 13.9. The Balaban J connectivity index is 1.41. The van der Waals surface area contributed by atoms with Crippen LogP contribution in [0.25, 0.3) is 5.69 Å². The van der Waals surface area contributed by atoms with Gasteiger partial charge >= 0.3 is 0 Å². The molecule has 1 aromatic carbocycles. The number of pyridine rings is 1. The lowest BCUT2D eigenvalue weighted by atomic mass is 10.0. The number of aryl methyl sites for hydroxylation is 2. The van der Waals surface area contributed by atoms with Crippen molar-refractivity contribution in [2.75, 3.05) is 12.0 Å². The monoisotopic (exact) mass is 489 g/mol. The van der Waals surface area contributed by atoms with Crippen LogP contribution in [0.5, 0.6) is 0 Å². The molecule has 0 spiro atoms. The van der Waals surface area contributed by atoms with E-state index in [4.69, 9.17) is 16.7 Å². The second-order valence-electron chi connectivity index (χ2n) is 8.59. The highest BCUT2D eigenvalue weighted by Gasteiger charge is 2.27. The molecule has 0 atom stereocenters. The minimum Gasteiger partial charge on any atom is -0.299 e. The van der Waals surface area contributed by atoms with Gasteiger partial charge in [0.25, 0.3) is 0 Å². The molecule has 0 N–H and O–H groups in total. The highest BCUT2D eigenvalue weighted by molar-refractivity contribution is 7.90. The van der Waals surface area contributed by atoms with Crippen molar-refractivity contribution in [3.05, 3.63) is 76.1 Å². The maximum atomic E-state index is 14.3. The van der Waals surface area contributed by atoms with Crippen LogP contribution in [0.15, 0.2) is 42.6 Å². The second-order valence-corrected chi connectivity index (χ2v) is 11.3. The zero-order valence-corrected chi connectivity index (χ0v) is 19.9. The van der Waals surface area contributed by atoms with Crippen molar-refractivity contribution in [2.45, 2.75) is 44.4 Å². The van der Waals surface area contributed by atoms with Gasteiger partial charge in [-0.25, -0.2) is 17.5 Å². The van der Waals surface area contributed by atoms with Gasteiger partial charge in [0.2, 0.25) is 0 Å². The number of hydrogen-bond donors (Lipinski definition) is 0. The maximum absolute atomic E-state index is 14.3. The number of hydrogen-bond acceptors (Lipinski definition) is 5. The fraction of sp³-hybridized carbons (Fsp3) is 0.375. The number of benzene rings is 1. The first-order chi connectivity index (χ1) is 15.7. The molecular weight excluding hydrogens is 465 g/mol. The Morgan fingerprint density at radius 3 is 2.67 bits per heavy atom. The van der Waals surface area contributed by atoms with E-state index < -0.39 is 15.7 Å². The van der Waals surface area contributed by atoms with E-state index in [2.05, 4.69) is 11.1 Å². The van der Waals surface area contributed by atoms with Gasteiger partial charge < -0.3 is 0 Å². The van der Waals surface area contributed by atoms with Crippen molar-refractivity contribution in [3.63, 3.8) is 0 Å². The topological polar surface area (TPSA) is 81.9 Å². The number of carbonyl (C=O) groups is 1. The van der Waals surface area contributed by atoms with Crippen molar-refractivity contribution >= 4 is 27.2 Å². The summed E-state index contributed by atoms with van der Waals surface area (Å²) in [6, 6.07) is 10.8. The molecule has 0 aliphatic heterocycles. The molecule has 1 aliphatic carbocycles. The first-order valence-corrected chi connectivity index (χ1v) is 13.3. The summed E-state index contributed by atoms with van der Waals surface area (Å²) in [5.41, 5.74) is 3.39. The Labute approximate surface area is 197 Å². The minimum atomic E-state index is -3.20. The lowest BCUT2D eigenvalue weighted by Crippen LogP contribution is -2.10. The summed E-state index contributed by atoms with van der Waals surface area (Å²) in [6.45, 7) is 0. The van der Waals surface area contributed by atoms with Crippen LogP contribution in [0.2, 0.25) is 5.02 Å².